The highest BCUT2D eigenvalue weighted by Crippen LogP contribution is 2.37. The van der Waals surface area contributed by atoms with E-state index in [1.165, 1.54) is 27.5 Å². The van der Waals surface area contributed by atoms with Crippen LogP contribution in [0.2, 0.25) is 0 Å². The molecule has 4 rings (SSSR count). The molecule has 1 N–H and O–H groups in total. The summed E-state index contributed by atoms with van der Waals surface area (Å²) < 4.78 is 17.6. The zero-order valence-corrected chi connectivity index (χ0v) is 18.9. The Kier molecular flexibility index (Phi) is 6.83. The molecule has 172 valence electrons. The van der Waals surface area contributed by atoms with Gasteiger partial charge in [0.15, 0.2) is 17.3 Å². The summed E-state index contributed by atoms with van der Waals surface area (Å²) in [5.74, 6) is 1.41. The van der Waals surface area contributed by atoms with Crippen molar-refractivity contribution in [3.05, 3.63) is 84.2 Å². The van der Waals surface area contributed by atoms with Gasteiger partial charge in [-0.1, -0.05) is 48.5 Å². The highest BCUT2D eigenvalue weighted by molar-refractivity contribution is 5.92. The third kappa shape index (κ3) is 4.73. The normalized spacial score (nSPS) is 10.8. The first-order valence-corrected chi connectivity index (χ1v) is 10.4. The SMILES string of the molecule is COc1cc(/C=N/NC(=O)c2nc(-c3ccccc3)n(-c3ccccc3)n2)cc(OC)c1OC. The number of carbonyl (C=O) groups is 1. The van der Waals surface area contributed by atoms with Gasteiger partial charge in [-0.3, -0.25) is 4.79 Å². The third-order valence-corrected chi connectivity index (χ3v) is 4.91. The van der Waals surface area contributed by atoms with E-state index in [1.54, 1.807) is 16.8 Å². The molecule has 0 aliphatic heterocycles. The van der Waals surface area contributed by atoms with E-state index < -0.39 is 5.91 Å². The van der Waals surface area contributed by atoms with Gasteiger partial charge in [0, 0.05) is 11.1 Å². The molecule has 0 saturated carbocycles. The van der Waals surface area contributed by atoms with Crippen molar-refractivity contribution >= 4 is 12.1 Å². The van der Waals surface area contributed by atoms with Gasteiger partial charge in [-0.15, -0.1) is 5.10 Å². The molecule has 0 spiro atoms. The molecule has 0 bridgehead atoms. The van der Waals surface area contributed by atoms with Crippen molar-refractivity contribution in [3.8, 4) is 34.3 Å². The van der Waals surface area contributed by atoms with Crippen molar-refractivity contribution in [1.29, 1.82) is 0 Å². The van der Waals surface area contributed by atoms with Crippen LogP contribution >= 0.6 is 0 Å². The van der Waals surface area contributed by atoms with Gasteiger partial charge in [0.25, 0.3) is 0 Å². The minimum atomic E-state index is -0.546. The van der Waals surface area contributed by atoms with E-state index in [-0.39, 0.29) is 5.82 Å². The number of hydrazone groups is 1. The first-order valence-electron chi connectivity index (χ1n) is 10.4. The predicted octanol–water partition coefficient (Wildman–Crippen LogP) is 3.72. The van der Waals surface area contributed by atoms with Crippen molar-refractivity contribution in [2.75, 3.05) is 21.3 Å². The van der Waals surface area contributed by atoms with Gasteiger partial charge < -0.3 is 14.2 Å². The van der Waals surface area contributed by atoms with Gasteiger partial charge in [-0.2, -0.15) is 5.10 Å². The summed E-state index contributed by atoms with van der Waals surface area (Å²) in [5.41, 5.74) is 4.73. The second-order valence-corrected chi connectivity index (χ2v) is 7.03. The summed E-state index contributed by atoms with van der Waals surface area (Å²) in [6.45, 7) is 0. The minimum Gasteiger partial charge on any atom is -0.493 e. The smallest absolute Gasteiger partial charge is 0.311 e. The average Bonchev–Trinajstić information content (AvgIpc) is 3.35. The molecule has 1 amide bonds. The van der Waals surface area contributed by atoms with Crippen LogP contribution in [0.4, 0.5) is 0 Å². The molecule has 0 radical (unpaired) electrons. The summed E-state index contributed by atoms with van der Waals surface area (Å²) in [6, 6.07) is 22.5. The van der Waals surface area contributed by atoms with Gasteiger partial charge in [0.05, 0.1) is 33.2 Å². The van der Waals surface area contributed by atoms with Crippen LogP contribution in [0.25, 0.3) is 17.1 Å². The molecule has 1 aromatic heterocycles. The molecule has 0 saturated heterocycles. The summed E-state index contributed by atoms with van der Waals surface area (Å²) in [4.78, 5) is 17.2. The fourth-order valence-corrected chi connectivity index (χ4v) is 3.32. The van der Waals surface area contributed by atoms with Gasteiger partial charge in [0.2, 0.25) is 11.6 Å². The monoisotopic (exact) mass is 457 g/mol. The molecule has 9 heteroatoms. The van der Waals surface area contributed by atoms with Crippen molar-refractivity contribution < 1.29 is 19.0 Å². The maximum atomic E-state index is 12.8. The largest absolute Gasteiger partial charge is 0.493 e. The predicted molar refractivity (Wildman–Crippen MR) is 128 cm³/mol. The fraction of sp³-hybridized carbons (Fsp3) is 0.120. The number of methoxy groups -OCH3 is 3. The zero-order valence-electron chi connectivity index (χ0n) is 18.9. The maximum absolute atomic E-state index is 12.8. The maximum Gasteiger partial charge on any atom is 0.311 e. The first-order chi connectivity index (χ1) is 16.6. The van der Waals surface area contributed by atoms with Crippen LogP contribution in [0.15, 0.2) is 77.9 Å². The topological polar surface area (TPSA) is 99.9 Å². The molecule has 3 aromatic carbocycles. The number of nitrogens with one attached hydrogen (secondary N) is 1. The second-order valence-electron chi connectivity index (χ2n) is 7.03. The van der Waals surface area contributed by atoms with Crippen LogP contribution < -0.4 is 19.6 Å². The Morgan fingerprint density at radius 3 is 2.12 bits per heavy atom. The summed E-state index contributed by atoms with van der Waals surface area (Å²) in [7, 11) is 4.58. The number of rotatable bonds is 8. The lowest BCUT2D eigenvalue weighted by molar-refractivity contribution is 0.0945. The van der Waals surface area contributed by atoms with Gasteiger partial charge in [-0.25, -0.2) is 15.1 Å². The van der Waals surface area contributed by atoms with Crippen LogP contribution in [0, 0.1) is 0 Å². The van der Waals surface area contributed by atoms with Gasteiger partial charge >= 0.3 is 5.91 Å². The van der Waals surface area contributed by atoms with Crippen LogP contribution in [0.3, 0.4) is 0 Å². The van der Waals surface area contributed by atoms with Crippen LogP contribution in [-0.4, -0.2) is 48.2 Å². The Balaban J connectivity index is 1.60. The van der Waals surface area contributed by atoms with E-state index in [4.69, 9.17) is 14.2 Å². The molecule has 0 unspecified atom stereocenters. The Bertz CT molecular complexity index is 1220. The van der Waals surface area contributed by atoms with Crippen molar-refractivity contribution in [1.82, 2.24) is 20.2 Å². The van der Waals surface area contributed by atoms with Gasteiger partial charge in [-0.05, 0) is 24.3 Å². The van der Waals surface area contributed by atoms with Crippen molar-refractivity contribution in [2.45, 2.75) is 0 Å². The van der Waals surface area contributed by atoms with E-state index in [0.717, 1.165) is 11.3 Å². The van der Waals surface area contributed by atoms with E-state index in [2.05, 4.69) is 20.6 Å². The standard InChI is InChI=1S/C25H23N5O4/c1-32-20-14-17(15-21(33-2)22(20)34-3)16-26-28-25(31)23-27-24(18-10-6-4-7-11-18)30(29-23)19-12-8-5-9-13-19/h4-16H,1-3H3,(H,28,31)/b26-16+. The minimum absolute atomic E-state index is 0.00949. The molecule has 34 heavy (non-hydrogen) atoms. The number of ether oxygens (including phenoxy) is 3. The number of aromatic nitrogens is 3. The fourth-order valence-electron chi connectivity index (χ4n) is 3.32. The number of hydrogen-bond donors (Lipinski definition) is 1. The first kappa shape index (κ1) is 22.5. The number of nitrogens with zero attached hydrogens (tertiary/aromatic N) is 4. The number of benzene rings is 3. The van der Waals surface area contributed by atoms with Crippen molar-refractivity contribution in [2.24, 2.45) is 5.10 Å². The number of hydrogen-bond acceptors (Lipinski definition) is 7. The van der Waals surface area contributed by atoms with Crippen LogP contribution in [0.1, 0.15) is 16.2 Å². The lowest BCUT2D eigenvalue weighted by Crippen LogP contribution is -2.19. The molecule has 9 nitrogen and oxygen atoms in total. The summed E-state index contributed by atoms with van der Waals surface area (Å²) >= 11 is 0. The second kappa shape index (κ2) is 10.3. The Morgan fingerprint density at radius 2 is 1.53 bits per heavy atom. The van der Waals surface area contributed by atoms with E-state index in [1.807, 2.05) is 60.7 Å². The van der Waals surface area contributed by atoms with Crippen LogP contribution in [0.5, 0.6) is 17.2 Å². The molecule has 4 aromatic rings. The molecule has 1 heterocycles. The van der Waals surface area contributed by atoms with E-state index >= 15 is 0 Å². The van der Waals surface area contributed by atoms with Crippen molar-refractivity contribution in [3.63, 3.8) is 0 Å². The molecule has 0 atom stereocenters. The summed E-state index contributed by atoms with van der Waals surface area (Å²) in [5, 5.41) is 8.47. The Morgan fingerprint density at radius 1 is 0.912 bits per heavy atom. The lowest BCUT2D eigenvalue weighted by Gasteiger charge is -2.12. The quantitative estimate of drug-likeness (QED) is 0.320. The molecular weight excluding hydrogens is 434 g/mol. The Hall–Kier alpha value is -4.66. The van der Waals surface area contributed by atoms with E-state index in [9.17, 15) is 4.79 Å². The van der Waals surface area contributed by atoms with Gasteiger partial charge in [0.1, 0.15) is 0 Å². The summed E-state index contributed by atoms with van der Waals surface area (Å²) in [6.07, 6.45) is 1.47. The molecule has 0 aliphatic carbocycles. The molecule has 0 fully saturated rings. The van der Waals surface area contributed by atoms with Crippen LogP contribution in [-0.2, 0) is 0 Å². The third-order valence-electron chi connectivity index (χ3n) is 4.91. The van der Waals surface area contributed by atoms with E-state index in [0.29, 0.717) is 28.6 Å². The highest BCUT2D eigenvalue weighted by atomic mass is 16.5. The average molecular weight is 457 g/mol. The molecule has 0 aliphatic rings. The molecular formula is C25H23N5O4. The zero-order chi connectivity index (χ0) is 23.9. The number of para-hydroxylation sites is 1. The number of carbonyl (C=O) groups excluding carboxylic acids is 1. The Labute approximate surface area is 196 Å². The lowest BCUT2D eigenvalue weighted by atomic mass is 10.2. The number of amides is 1. The highest BCUT2D eigenvalue weighted by Gasteiger charge is 2.18.